The summed E-state index contributed by atoms with van der Waals surface area (Å²) in [7, 11) is 0. The van der Waals surface area contributed by atoms with Gasteiger partial charge in [-0.2, -0.15) is 0 Å². The maximum Gasteiger partial charge on any atom is 0.164 e. The normalized spacial score (nSPS) is 11.4. The first-order valence-electron chi connectivity index (χ1n) is 15.4. The largest absolute Gasteiger partial charge is 0.228 e. The molecule has 9 rings (SSSR count). The van der Waals surface area contributed by atoms with Gasteiger partial charge in [0.1, 0.15) is 0 Å². The molecule has 0 radical (unpaired) electrons. The van der Waals surface area contributed by atoms with Crippen LogP contribution in [0, 0.1) is 0 Å². The van der Waals surface area contributed by atoms with Gasteiger partial charge >= 0.3 is 0 Å². The van der Waals surface area contributed by atoms with E-state index in [0.29, 0.717) is 23.3 Å². The van der Waals surface area contributed by atoms with Crippen LogP contribution < -0.4 is 0 Å². The molecule has 47 heavy (non-hydrogen) atoms. The molecule has 9 aromatic rings. The van der Waals surface area contributed by atoms with Gasteiger partial charge in [0.15, 0.2) is 23.3 Å². The summed E-state index contributed by atoms with van der Waals surface area (Å²) in [6, 6.07) is 51.6. The summed E-state index contributed by atoms with van der Waals surface area (Å²) in [6.07, 6.45) is 0. The second-order valence-electron chi connectivity index (χ2n) is 11.3. The van der Waals surface area contributed by atoms with E-state index in [4.69, 9.17) is 24.9 Å². The van der Waals surface area contributed by atoms with Crippen molar-refractivity contribution in [3.63, 3.8) is 0 Å². The average molecular weight is 620 g/mol. The van der Waals surface area contributed by atoms with Gasteiger partial charge in [0, 0.05) is 53.4 Å². The molecule has 0 aliphatic carbocycles. The molecule has 0 unspecified atom stereocenters. The van der Waals surface area contributed by atoms with Gasteiger partial charge in [-0.3, -0.25) is 0 Å². The lowest BCUT2D eigenvalue weighted by Gasteiger charge is -2.11. The van der Waals surface area contributed by atoms with E-state index in [1.165, 1.54) is 9.40 Å². The summed E-state index contributed by atoms with van der Waals surface area (Å²) in [4.78, 5) is 25.0. The number of nitrogens with zero attached hydrogens (tertiary/aromatic N) is 5. The quantitative estimate of drug-likeness (QED) is 0.192. The first kappa shape index (κ1) is 27.2. The summed E-state index contributed by atoms with van der Waals surface area (Å²) < 4.78 is 2.39. The molecule has 5 nitrogen and oxygen atoms in total. The molecule has 0 amide bonds. The predicted octanol–water partition coefficient (Wildman–Crippen LogP) is 10.5. The Balaban J connectivity index is 1.27. The second-order valence-corrected chi connectivity index (χ2v) is 12.4. The highest BCUT2D eigenvalue weighted by atomic mass is 32.1. The minimum atomic E-state index is 0.635. The van der Waals surface area contributed by atoms with Crippen LogP contribution in [0.5, 0.6) is 0 Å². The van der Waals surface area contributed by atoms with Crippen molar-refractivity contribution in [2.45, 2.75) is 0 Å². The summed E-state index contributed by atoms with van der Waals surface area (Å²) in [5.41, 5.74) is 6.73. The topological polar surface area (TPSA) is 64.5 Å². The Hall–Kier alpha value is -6.11. The minimum absolute atomic E-state index is 0.635. The smallest absolute Gasteiger partial charge is 0.164 e. The van der Waals surface area contributed by atoms with Crippen molar-refractivity contribution in [3.8, 4) is 56.8 Å². The van der Waals surface area contributed by atoms with Crippen LogP contribution in [0.4, 0.5) is 0 Å². The number of thiophene rings is 1. The molecule has 0 fully saturated rings. The summed E-state index contributed by atoms with van der Waals surface area (Å²) >= 11 is 1.78. The first-order valence-corrected chi connectivity index (χ1v) is 16.3. The van der Waals surface area contributed by atoms with Gasteiger partial charge in [0.2, 0.25) is 0 Å². The maximum absolute atomic E-state index is 5.21. The molecule has 0 spiro atoms. The number of benzene rings is 6. The van der Waals surface area contributed by atoms with E-state index < -0.39 is 0 Å². The Morgan fingerprint density at radius 1 is 0.362 bits per heavy atom. The van der Waals surface area contributed by atoms with Gasteiger partial charge in [0.05, 0.1) is 11.2 Å². The molecule has 0 atom stereocenters. The number of para-hydroxylation sites is 1. The van der Waals surface area contributed by atoms with Crippen molar-refractivity contribution in [2.75, 3.05) is 0 Å². The van der Waals surface area contributed by atoms with Crippen molar-refractivity contribution in [1.29, 1.82) is 0 Å². The lowest BCUT2D eigenvalue weighted by atomic mass is 9.99. The van der Waals surface area contributed by atoms with Gasteiger partial charge in [0.25, 0.3) is 0 Å². The third-order valence-electron chi connectivity index (χ3n) is 8.34. The van der Waals surface area contributed by atoms with Crippen LogP contribution in [0.3, 0.4) is 0 Å². The highest BCUT2D eigenvalue weighted by Crippen LogP contribution is 2.42. The highest BCUT2D eigenvalue weighted by molar-refractivity contribution is 7.26. The van der Waals surface area contributed by atoms with E-state index in [1.807, 2.05) is 84.9 Å². The Kier molecular flexibility index (Phi) is 6.58. The third-order valence-corrected chi connectivity index (χ3v) is 9.48. The molecule has 6 aromatic carbocycles. The maximum atomic E-state index is 5.21. The molecular weight excluding hydrogens is 595 g/mol. The molecule has 0 aliphatic rings. The average Bonchev–Trinajstić information content (AvgIpc) is 3.54. The fourth-order valence-corrected chi connectivity index (χ4v) is 7.21. The van der Waals surface area contributed by atoms with Gasteiger partial charge in [-0.05, 0) is 30.3 Å². The molecule has 0 saturated heterocycles. The molecule has 3 aromatic heterocycles. The van der Waals surface area contributed by atoms with E-state index in [-0.39, 0.29) is 0 Å². The number of hydrogen-bond donors (Lipinski definition) is 0. The molecule has 0 aliphatic heterocycles. The van der Waals surface area contributed by atoms with Crippen LogP contribution in [0.2, 0.25) is 0 Å². The summed E-state index contributed by atoms with van der Waals surface area (Å²) in [5, 5.41) is 3.33. The standard InChI is InChI=1S/C41H25N5S/c1-4-13-26(14-5-1)38-42-33-21-11-10-19-30(33)37(43-38)31-20-12-22-35-36(31)32-25-29(23-24-34(32)47-35)41-45-39(27-15-6-2-7-16-27)44-40(46-41)28-17-8-3-9-18-28/h1-25H. The van der Waals surface area contributed by atoms with Gasteiger partial charge in [-0.15, -0.1) is 11.3 Å². The second kappa shape index (κ2) is 11.4. The Morgan fingerprint density at radius 3 is 1.55 bits per heavy atom. The predicted molar refractivity (Wildman–Crippen MR) is 193 cm³/mol. The minimum Gasteiger partial charge on any atom is -0.228 e. The fourth-order valence-electron chi connectivity index (χ4n) is 6.10. The zero-order valence-electron chi connectivity index (χ0n) is 25.1. The highest BCUT2D eigenvalue weighted by Gasteiger charge is 2.18. The van der Waals surface area contributed by atoms with Crippen LogP contribution >= 0.6 is 11.3 Å². The monoisotopic (exact) mass is 619 g/mol. The van der Waals surface area contributed by atoms with Crippen LogP contribution in [-0.2, 0) is 0 Å². The molecular formula is C41H25N5S. The van der Waals surface area contributed by atoms with Crippen molar-refractivity contribution in [2.24, 2.45) is 0 Å². The van der Waals surface area contributed by atoms with E-state index in [0.717, 1.165) is 55.2 Å². The Bertz CT molecular complexity index is 2510. The van der Waals surface area contributed by atoms with Crippen molar-refractivity contribution in [3.05, 3.63) is 152 Å². The number of fused-ring (bicyclic) bond motifs is 4. The van der Waals surface area contributed by atoms with Crippen LogP contribution in [-0.4, -0.2) is 24.9 Å². The molecule has 0 saturated carbocycles. The number of rotatable bonds is 5. The molecule has 3 heterocycles. The fraction of sp³-hybridized carbons (Fsp3) is 0. The lowest BCUT2D eigenvalue weighted by molar-refractivity contribution is 1.07. The van der Waals surface area contributed by atoms with E-state index >= 15 is 0 Å². The molecule has 0 N–H and O–H groups in total. The number of aromatic nitrogens is 5. The van der Waals surface area contributed by atoms with Crippen LogP contribution in [0.1, 0.15) is 0 Å². The van der Waals surface area contributed by atoms with Gasteiger partial charge < -0.3 is 0 Å². The van der Waals surface area contributed by atoms with Gasteiger partial charge in [-0.25, -0.2) is 24.9 Å². The van der Waals surface area contributed by atoms with Crippen molar-refractivity contribution in [1.82, 2.24) is 24.9 Å². The van der Waals surface area contributed by atoms with Crippen LogP contribution in [0.25, 0.3) is 87.9 Å². The summed E-state index contributed by atoms with van der Waals surface area (Å²) in [6.45, 7) is 0. The van der Waals surface area contributed by atoms with E-state index in [1.54, 1.807) is 11.3 Å². The van der Waals surface area contributed by atoms with Crippen LogP contribution in [0.15, 0.2) is 152 Å². The summed E-state index contributed by atoms with van der Waals surface area (Å²) in [5.74, 6) is 2.64. The zero-order valence-corrected chi connectivity index (χ0v) is 25.9. The van der Waals surface area contributed by atoms with Crippen molar-refractivity contribution >= 4 is 42.4 Å². The lowest BCUT2D eigenvalue weighted by Crippen LogP contribution is -2.00. The van der Waals surface area contributed by atoms with Crippen molar-refractivity contribution < 1.29 is 0 Å². The van der Waals surface area contributed by atoms with E-state index in [9.17, 15) is 0 Å². The Labute approximate surface area is 275 Å². The first-order chi connectivity index (χ1) is 23.3. The zero-order chi connectivity index (χ0) is 31.2. The number of hydrogen-bond acceptors (Lipinski definition) is 6. The third kappa shape index (κ3) is 4.92. The molecule has 6 heteroatoms. The molecule has 0 bridgehead atoms. The van der Waals surface area contributed by atoms with E-state index in [2.05, 4.69) is 66.7 Å². The molecule has 220 valence electrons. The van der Waals surface area contributed by atoms with Gasteiger partial charge in [-0.1, -0.05) is 121 Å². The SMILES string of the molecule is c1ccc(-c2nc(-c3ccccc3)nc(-c3ccc4sc5cccc(-c6nc(-c7ccccc7)nc7ccccc67)c5c4c3)n2)cc1. The Morgan fingerprint density at radius 2 is 0.915 bits per heavy atom.